The van der Waals surface area contributed by atoms with Crippen LogP contribution in [0, 0.1) is 17.8 Å². The van der Waals surface area contributed by atoms with Crippen LogP contribution in [0.25, 0.3) is 0 Å². The van der Waals surface area contributed by atoms with Gasteiger partial charge in [0.1, 0.15) is 0 Å². The molecule has 120 valence electrons. The smallest absolute Gasteiger partial charge is 0.222 e. The monoisotopic (exact) mass is 295 g/mol. The summed E-state index contributed by atoms with van der Waals surface area (Å²) in [6.07, 6.45) is 8.52. The number of amides is 1. The second-order valence-electron chi connectivity index (χ2n) is 6.83. The molecule has 2 aliphatic rings. The van der Waals surface area contributed by atoms with Gasteiger partial charge in [-0.2, -0.15) is 0 Å². The normalized spacial score (nSPS) is 31.1. The molecule has 0 aliphatic heterocycles. The summed E-state index contributed by atoms with van der Waals surface area (Å²) in [5.74, 6) is 1.52. The predicted molar refractivity (Wildman–Crippen MR) is 82.7 cm³/mol. The van der Waals surface area contributed by atoms with Crippen molar-refractivity contribution in [1.29, 1.82) is 0 Å². The van der Waals surface area contributed by atoms with Crippen LogP contribution in [0.5, 0.6) is 0 Å². The lowest BCUT2D eigenvalue weighted by atomic mass is 9.87. The van der Waals surface area contributed by atoms with Gasteiger partial charge in [0.15, 0.2) is 0 Å². The summed E-state index contributed by atoms with van der Waals surface area (Å²) in [5, 5.41) is 19.2. The average molecular weight is 295 g/mol. The minimum atomic E-state index is -0.234. The van der Waals surface area contributed by atoms with Crippen molar-refractivity contribution >= 4 is 5.91 Å². The molecule has 0 heterocycles. The number of hydrogen-bond donors (Lipinski definition) is 2. The number of unbranched alkanes of at least 4 members (excludes halogenated alkanes) is 1. The van der Waals surface area contributed by atoms with Gasteiger partial charge in [-0.25, -0.2) is 0 Å². The van der Waals surface area contributed by atoms with Crippen molar-refractivity contribution in [3.05, 3.63) is 11.6 Å². The second kappa shape index (κ2) is 7.41. The van der Waals surface area contributed by atoms with Gasteiger partial charge in [0, 0.05) is 27.1 Å². The van der Waals surface area contributed by atoms with Crippen molar-refractivity contribution in [3.8, 4) is 0 Å². The first-order valence-corrected chi connectivity index (χ1v) is 8.21. The second-order valence-corrected chi connectivity index (χ2v) is 6.83. The highest BCUT2D eigenvalue weighted by Gasteiger charge is 2.43. The van der Waals surface area contributed by atoms with Gasteiger partial charge in [0.25, 0.3) is 0 Å². The van der Waals surface area contributed by atoms with Crippen LogP contribution in [0.1, 0.15) is 44.9 Å². The molecule has 0 bridgehead atoms. The molecule has 1 fully saturated rings. The van der Waals surface area contributed by atoms with Crippen molar-refractivity contribution < 1.29 is 15.0 Å². The maximum atomic E-state index is 11.5. The summed E-state index contributed by atoms with van der Waals surface area (Å²) in [5.41, 5.74) is 1.50. The van der Waals surface area contributed by atoms with Gasteiger partial charge in [0.2, 0.25) is 5.91 Å². The fourth-order valence-electron chi connectivity index (χ4n) is 3.99. The summed E-state index contributed by atoms with van der Waals surface area (Å²) in [7, 11) is 3.60. The first-order valence-electron chi connectivity index (χ1n) is 8.21. The molecule has 0 unspecified atom stereocenters. The van der Waals surface area contributed by atoms with E-state index in [4.69, 9.17) is 5.11 Å². The van der Waals surface area contributed by atoms with Crippen molar-refractivity contribution in [2.75, 3.05) is 20.7 Å². The molecule has 1 amide bonds. The van der Waals surface area contributed by atoms with Crippen LogP contribution in [0.3, 0.4) is 0 Å². The zero-order valence-electron chi connectivity index (χ0n) is 13.3. The maximum absolute atomic E-state index is 11.5. The molecule has 0 saturated heterocycles. The lowest BCUT2D eigenvalue weighted by Gasteiger charge is -2.20. The molecule has 2 aliphatic carbocycles. The Morgan fingerprint density at radius 3 is 2.81 bits per heavy atom. The minimum absolute atomic E-state index is 0.174. The number of fused-ring (bicyclic) bond motifs is 1. The van der Waals surface area contributed by atoms with Crippen LogP contribution in [-0.4, -0.2) is 47.8 Å². The lowest BCUT2D eigenvalue weighted by Crippen LogP contribution is -2.21. The first kappa shape index (κ1) is 16.5. The number of rotatable bonds is 7. The number of allylic oxidation sites excluding steroid dienone is 2. The van der Waals surface area contributed by atoms with E-state index in [1.54, 1.807) is 19.0 Å². The molecule has 2 rings (SSSR count). The number of nitrogens with zero attached hydrogens (tertiary/aromatic N) is 1. The lowest BCUT2D eigenvalue weighted by molar-refractivity contribution is -0.128. The Labute approximate surface area is 127 Å². The van der Waals surface area contributed by atoms with Crippen LogP contribution in [0.15, 0.2) is 11.6 Å². The SMILES string of the molecule is CN(C)C(=O)CCCCC1=C[C@H]2C[C@@H](O)[C@@H](CCO)[C@H]2C1. The van der Waals surface area contributed by atoms with Crippen molar-refractivity contribution in [3.63, 3.8) is 0 Å². The number of aliphatic hydroxyl groups excluding tert-OH is 2. The fourth-order valence-corrected chi connectivity index (χ4v) is 3.99. The first-order chi connectivity index (χ1) is 10.0. The zero-order chi connectivity index (χ0) is 15.4. The molecule has 4 atom stereocenters. The van der Waals surface area contributed by atoms with E-state index in [2.05, 4.69) is 6.08 Å². The molecule has 4 nitrogen and oxygen atoms in total. The van der Waals surface area contributed by atoms with Gasteiger partial charge < -0.3 is 15.1 Å². The van der Waals surface area contributed by atoms with Gasteiger partial charge in [0.05, 0.1) is 6.10 Å². The molecular formula is C17H29NO3. The van der Waals surface area contributed by atoms with Crippen molar-refractivity contribution in [1.82, 2.24) is 4.90 Å². The van der Waals surface area contributed by atoms with Gasteiger partial charge in [-0.15, -0.1) is 0 Å². The van der Waals surface area contributed by atoms with Gasteiger partial charge in [-0.05, 0) is 56.3 Å². The standard InChI is InChI=1S/C17H29NO3/c1-18(2)17(21)6-4-3-5-12-9-13-11-16(20)14(7-8-19)15(13)10-12/h9,13-16,19-20H,3-8,10-11H2,1-2H3/t13-,14-,15-,16+/m0/s1. The van der Waals surface area contributed by atoms with Crippen molar-refractivity contribution in [2.45, 2.75) is 51.0 Å². The highest BCUT2D eigenvalue weighted by Crippen LogP contribution is 2.48. The molecule has 0 spiro atoms. The molecule has 2 N–H and O–H groups in total. The topological polar surface area (TPSA) is 60.8 Å². The fraction of sp³-hybridized carbons (Fsp3) is 0.824. The van der Waals surface area contributed by atoms with E-state index in [1.165, 1.54) is 5.57 Å². The molecule has 1 saturated carbocycles. The van der Waals surface area contributed by atoms with E-state index in [0.29, 0.717) is 18.3 Å². The number of carbonyl (C=O) groups is 1. The van der Waals surface area contributed by atoms with E-state index >= 15 is 0 Å². The largest absolute Gasteiger partial charge is 0.396 e. The molecule has 0 aromatic rings. The van der Waals surface area contributed by atoms with Crippen molar-refractivity contribution in [2.24, 2.45) is 17.8 Å². The number of aliphatic hydroxyl groups is 2. The Morgan fingerprint density at radius 1 is 1.38 bits per heavy atom. The third kappa shape index (κ3) is 4.07. The van der Waals surface area contributed by atoms with Gasteiger partial charge in [-0.3, -0.25) is 4.79 Å². The Balaban J connectivity index is 1.73. The van der Waals surface area contributed by atoms with Gasteiger partial charge in [-0.1, -0.05) is 11.6 Å². The Kier molecular flexibility index (Phi) is 5.82. The Morgan fingerprint density at radius 2 is 2.14 bits per heavy atom. The number of carbonyl (C=O) groups excluding carboxylic acids is 1. The van der Waals surface area contributed by atoms with E-state index < -0.39 is 0 Å². The highest BCUT2D eigenvalue weighted by molar-refractivity contribution is 5.75. The van der Waals surface area contributed by atoms with Crippen LogP contribution in [-0.2, 0) is 4.79 Å². The molecule has 0 aromatic heterocycles. The number of hydrogen-bond acceptors (Lipinski definition) is 3. The molecular weight excluding hydrogens is 266 g/mol. The Bertz CT molecular complexity index is 391. The summed E-state index contributed by atoms with van der Waals surface area (Å²) < 4.78 is 0. The Hall–Kier alpha value is -0.870. The third-order valence-corrected chi connectivity index (χ3v) is 5.16. The van der Waals surface area contributed by atoms with E-state index in [9.17, 15) is 9.90 Å². The van der Waals surface area contributed by atoms with E-state index in [1.807, 2.05) is 0 Å². The molecule has 4 heteroatoms. The van der Waals surface area contributed by atoms with Crippen LogP contribution >= 0.6 is 0 Å². The predicted octanol–water partition coefficient (Wildman–Crippen LogP) is 1.96. The average Bonchev–Trinajstić information content (AvgIpc) is 2.94. The quantitative estimate of drug-likeness (QED) is 0.557. The van der Waals surface area contributed by atoms with Crippen LogP contribution in [0.2, 0.25) is 0 Å². The van der Waals surface area contributed by atoms with Crippen LogP contribution in [0.4, 0.5) is 0 Å². The summed E-state index contributed by atoms with van der Waals surface area (Å²) >= 11 is 0. The minimum Gasteiger partial charge on any atom is -0.396 e. The van der Waals surface area contributed by atoms with Gasteiger partial charge >= 0.3 is 0 Å². The molecule has 0 aromatic carbocycles. The zero-order valence-corrected chi connectivity index (χ0v) is 13.3. The summed E-state index contributed by atoms with van der Waals surface area (Å²) in [6, 6.07) is 0. The van der Waals surface area contributed by atoms with E-state index in [-0.39, 0.29) is 24.5 Å². The van der Waals surface area contributed by atoms with Crippen LogP contribution < -0.4 is 0 Å². The molecule has 0 radical (unpaired) electrons. The maximum Gasteiger partial charge on any atom is 0.222 e. The summed E-state index contributed by atoms with van der Waals surface area (Å²) in [4.78, 5) is 13.2. The molecule has 21 heavy (non-hydrogen) atoms. The summed E-state index contributed by atoms with van der Waals surface area (Å²) in [6.45, 7) is 0.174. The van der Waals surface area contributed by atoms with E-state index in [0.717, 1.165) is 38.5 Å². The third-order valence-electron chi connectivity index (χ3n) is 5.16. The highest BCUT2D eigenvalue weighted by atomic mass is 16.3.